The lowest BCUT2D eigenvalue weighted by Crippen LogP contribution is -2.36. The summed E-state index contributed by atoms with van der Waals surface area (Å²) in [6.45, 7) is 1.36. The Labute approximate surface area is 134 Å². The van der Waals surface area contributed by atoms with Crippen LogP contribution in [0.1, 0.15) is 42.9 Å². The number of nitrogens with zero attached hydrogens (tertiary/aromatic N) is 1. The van der Waals surface area contributed by atoms with Crippen molar-refractivity contribution in [3.63, 3.8) is 0 Å². The number of hydrogen-bond acceptors (Lipinski definition) is 2. The van der Waals surface area contributed by atoms with Gasteiger partial charge in [0.25, 0.3) is 0 Å². The Hall–Kier alpha value is -1.10. The molecule has 0 spiro atoms. The van der Waals surface area contributed by atoms with E-state index in [1.807, 2.05) is 4.90 Å². The van der Waals surface area contributed by atoms with Crippen LogP contribution in [0, 0.1) is 17.6 Å². The Morgan fingerprint density at radius 3 is 2.68 bits per heavy atom. The molecule has 120 valence electrons. The van der Waals surface area contributed by atoms with Crippen LogP contribution in [-0.2, 0) is 4.79 Å². The number of amides is 1. The molecule has 1 aromatic rings. The Morgan fingerprint density at radius 1 is 1.14 bits per heavy atom. The van der Waals surface area contributed by atoms with Gasteiger partial charge in [0.2, 0.25) is 5.91 Å². The van der Waals surface area contributed by atoms with Crippen molar-refractivity contribution in [2.75, 3.05) is 18.8 Å². The fourth-order valence-corrected chi connectivity index (χ4v) is 4.67. The van der Waals surface area contributed by atoms with Gasteiger partial charge in [0.15, 0.2) is 0 Å². The van der Waals surface area contributed by atoms with Crippen LogP contribution >= 0.6 is 11.8 Å². The van der Waals surface area contributed by atoms with Gasteiger partial charge >= 0.3 is 0 Å². The Morgan fingerprint density at radius 2 is 1.91 bits per heavy atom. The first kappa shape index (κ1) is 15.8. The molecule has 0 N–H and O–H groups in total. The molecule has 1 atom stereocenters. The number of rotatable bonds is 2. The van der Waals surface area contributed by atoms with Crippen LogP contribution in [0.15, 0.2) is 18.2 Å². The molecular weight excluding hydrogens is 304 g/mol. The standard InChI is InChI=1S/C17H21F2NOS/c18-13-5-6-15(19)14(11-13)16-7-8-20(9-10-22-16)17(21)12-3-1-2-4-12/h5-6,11-12,16H,1-4,7-10H2. The molecule has 5 heteroatoms. The zero-order valence-corrected chi connectivity index (χ0v) is 13.4. The SMILES string of the molecule is O=C(C1CCCC1)N1CCSC(c2cc(F)ccc2F)CC1. The van der Waals surface area contributed by atoms with E-state index in [0.29, 0.717) is 25.1 Å². The molecule has 0 aromatic heterocycles. The summed E-state index contributed by atoms with van der Waals surface area (Å²) in [6, 6.07) is 3.63. The maximum absolute atomic E-state index is 13.9. The minimum Gasteiger partial charge on any atom is -0.342 e. The Kier molecular flexibility index (Phi) is 5.01. The minimum absolute atomic E-state index is 0.0721. The van der Waals surface area contributed by atoms with Crippen molar-refractivity contribution in [2.45, 2.75) is 37.4 Å². The highest BCUT2D eigenvalue weighted by Gasteiger charge is 2.29. The summed E-state index contributed by atoms with van der Waals surface area (Å²) in [4.78, 5) is 14.4. The molecular formula is C17H21F2NOS. The molecule has 2 aliphatic rings. The van der Waals surface area contributed by atoms with E-state index < -0.39 is 5.82 Å². The molecule has 1 saturated carbocycles. The van der Waals surface area contributed by atoms with Crippen LogP contribution in [0.2, 0.25) is 0 Å². The molecule has 1 saturated heterocycles. The molecule has 1 heterocycles. The zero-order chi connectivity index (χ0) is 15.5. The van der Waals surface area contributed by atoms with E-state index in [1.54, 1.807) is 11.8 Å². The molecule has 0 bridgehead atoms. The van der Waals surface area contributed by atoms with E-state index in [4.69, 9.17) is 0 Å². The van der Waals surface area contributed by atoms with Crippen LogP contribution in [-0.4, -0.2) is 29.6 Å². The number of halogens is 2. The van der Waals surface area contributed by atoms with Crippen LogP contribution < -0.4 is 0 Å². The second kappa shape index (κ2) is 6.99. The van der Waals surface area contributed by atoms with Crippen molar-refractivity contribution >= 4 is 17.7 Å². The van der Waals surface area contributed by atoms with Gasteiger partial charge in [0.1, 0.15) is 11.6 Å². The third kappa shape index (κ3) is 3.45. The summed E-state index contributed by atoms with van der Waals surface area (Å²) < 4.78 is 27.3. The summed E-state index contributed by atoms with van der Waals surface area (Å²) in [5.41, 5.74) is 0.431. The van der Waals surface area contributed by atoms with Gasteiger partial charge in [-0.05, 0) is 37.5 Å². The van der Waals surface area contributed by atoms with E-state index in [-0.39, 0.29) is 22.9 Å². The molecule has 22 heavy (non-hydrogen) atoms. The Balaban J connectivity index is 1.66. The maximum atomic E-state index is 13.9. The lowest BCUT2D eigenvalue weighted by Gasteiger charge is -2.23. The Bertz CT molecular complexity index is 545. The van der Waals surface area contributed by atoms with Crippen molar-refractivity contribution in [3.8, 4) is 0 Å². The predicted octanol–water partition coefficient (Wildman–Crippen LogP) is 4.16. The van der Waals surface area contributed by atoms with Crippen molar-refractivity contribution in [3.05, 3.63) is 35.4 Å². The summed E-state index contributed by atoms with van der Waals surface area (Å²) in [7, 11) is 0. The van der Waals surface area contributed by atoms with Gasteiger partial charge in [-0.2, -0.15) is 11.8 Å². The van der Waals surface area contributed by atoms with Crippen molar-refractivity contribution < 1.29 is 13.6 Å². The van der Waals surface area contributed by atoms with Crippen LogP contribution in [0.3, 0.4) is 0 Å². The first-order chi connectivity index (χ1) is 10.6. The molecule has 1 aliphatic heterocycles. The van der Waals surface area contributed by atoms with Gasteiger partial charge < -0.3 is 4.90 Å². The van der Waals surface area contributed by atoms with Crippen molar-refractivity contribution in [1.29, 1.82) is 0 Å². The van der Waals surface area contributed by atoms with E-state index in [1.165, 1.54) is 12.1 Å². The average molecular weight is 325 g/mol. The van der Waals surface area contributed by atoms with Gasteiger partial charge in [-0.3, -0.25) is 4.79 Å². The van der Waals surface area contributed by atoms with Gasteiger partial charge in [0.05, 0.1) is 0 Å². The molecule has 1 aromatic carbocycles. The lowest BCUT2D eigenvalue weighted by molar-refractivity contribution is -0.135. The summed E-state index contributed by atoms with van der Waals surface area (Å²) in [5, 5.41) is -0.0721. The van der Waals surface area contributed by atoms with Crippen molar-refractivity contribution in [2.24, 2.45) is 5.92 Å². The molecule has 1 aliphatic carbocycles. The highest BCUT2D eigenvalue weighted by Crippen LogP contribution is 2.37. The van der Waals surface area contributed by atoms with E-state index in [2.05, 4.69) is 0 Å². The second-order valence-electron chi connectivity index (χ2n) is 6.12. The topological polar surface area (TPSA) is 20.3 Å². The summed E-state index contributed by atoms with van der Waals surface area (Å²) in [5.74, 6) is 0.472. The number of carbonyl (C=O) groups excluding carboxylic acids is 1. The first-order valence-electron chi connectivity index (χ1n) is 8.00. The monoisotopic (exact) mass is 325 g/mol. The maximum Gasteiger partial charge on any atom is 0.225 e. The largest absolute Gasteiger partial charge is 0.342 e. The van der Waals surface area contributed by atoms with Crippen LogP contribution in [0.5, 0.6) is 0 Å². The van der Waals surface area contributed by atoms with Crippen LogP contribution in [0.25, 0.3) is 0 Å². The number of thioether (sulfide) groups is 1. The third-order valence-electron chi connectivity index (χ3n) is 4.66. The average Bonchev–Trinajstić information content (AvgIpc) is 2.94. The predicted molar refractivity (Wildman–Crippen MR) is 84.7 cm³/mol. The van der Waals surface area contributed by atoms with Gasteiger partial charge in [-0.1, -0.05) is 12.8 Å². The fraction of sp³-hybridized carbons (Fsp3) is 0.588. The molecule has 1 unspecified atom stereocenters. The molecule has 0 radical (unpaired) electrons. The third-order valence-corrected chi connectivity index (χ3v) is 5.97. The fourth-order valence-electron chi connectivity index (χ4n) is 3.43. The summed E-state index contributed by atoms with van der Waals surface area (Å²) >= 11 is 1.62. The molecule has 2 fully saturated rings. The first-order valence-corrected chi connectivity index (χ1v) is 9.05. The lowest BCUT2D eigenvalue weighted by atomic mass is 10.1. The minimum atomic E-state index is -0.403. The van der Waals surface area contributed by atoms with Gasteiger partial charge in [0, 0.05) is 35.6 Å². The summed E-state index contributed by atoms with van der Waals surface area (Å²) in [6.07, 6.45) is 4.99. The second-order valence-corrected chi connectivity index (χ2v) is 7.43. The smallest absolute Gasteiger partial charge is 0.225 e. The highest BCUT2D eigenvalue weighted by molar-refractivity contribution is 7.99. The van der Waals surface area contributed by atoms with Crippen molar-refractivity contribution in [1.82, 2.24) is 4.90 Å². The highest BCUT2D eigenvalue weighted by atomic mass is 32.2. The molecule has 1 amide bonds. The molecule has 3 rings (SSSR count). The van der Waals surface area contributed by atoms with E-state index in [9.17, 15) is 13.6 Å². The number of carbonyl (C=O) groups is 1. The zero-order valence-electron chi connectivity index (χ0n) is 12.6. The van der Waals surface area contributed by atoms with E-state index >= 15 is 0 Å². The molecule has 2 nitrogen and oxygen atoms in total. The normalized spacial score (nSPS) is 23.5. The quantitative estimate of drug-likeness (QED) is 0.814. The van der Waals surface area contributed by atoms with Gasteiger partial charge in [-0.15, -0.1) is 0 Å². The van der Waals surface area contributed by atoms with Gasteiger partial charge in [-0.25, -0.2) is 8.78 Å². The van der Waals surface area contributed by atoms with E-state index in [0.717, 1.165) is 37.5 Å². The number of benzene rings is 1. The van der Waals surface area contributed by atoms with Crippen LogP contribution in [0.4, 0.5) is 8.78 Å². The number of hydrogen-bond donors (Lipinski definition) is 0.